The van der Waals surface area contributed by atoms with Gasteiger partial charge in [0.05, 0.1) is 31.4 Å². The highest BCUT2D eigenvalue weighted by Crippen LogP contribution is 2.43. The van der Waals surface area contributed by atoms with Crippen LogP contribution < -0.4 is 9.47 Å². The van der Waals surface area contributed by atoms with Gasteiger partial charge in [-0.15, -0.1) is 0 Å². The van der Waals surface area contributed by atoms with E-state index in [-0.39, 0.29) is 18.1 Å². The first kappa shape index (κ1) is 36.8. The molecule has 9 nitrogen and oxygen atoms in total. The van der Waals surface area contributed by atoms with E-state index in [0.29, 0.717) is 35.2 Å². The molecule has 2 saturated heterocycles. The summed E-state index contributed by atoms with van der Waals surface area (Å²) < 4.78 is 43.4. The van der Waals surface area contributed by atoms with Crippen LogP contribution in [0.4, 0.5) is 18.0 Å². The number of amides is 2. The van der Waals surface area contributed by atoms with Crippen LogP contribution in [0.15, 0.2) is 47.5 Å². The number of carbonyl (C=O) groups excluding carboxylic acids is 1. The molecule has 2 aromatic carbocycles. The Kier molecular flexibility index (Phi) is 12.4. The van der Waals surface area contributed by atoms with Gasteiger partial charge in [-0.3, -0.25) is 9.89 Å². The van der Waals surface area contributed by atoms with E-state index in [1.54, 1.807) is 7.11 Å². The molecule has 0 aromatic heterocycles. The maximum Gasteiger partial charge on any atom is 0.490 e. The number of urea groups is 1. The monoisotopic (exact) mass is 706 g/mol. The summed E-state index contributed by atoms with van der Waals surface area (Å²) in [5, 5.41) is 7.82. The number of aliphatic carboxylic acids is 1. The predicted octanol–water partition coefficient (Wildman–Crippen LogP) is 7.81. The van der Waals surface area contributed by atoms with Crippen molar-refractivity contribution in [3.63, 3.8) is 0 Å². The largest absolute Gasteiger partial charge is 0.497 e. The van der Waals surface area contributed by atoms with Crippen molar-refractivity contribution in [3.8, 4) is 11.5 Å². The third-order valence-electron chi connectivity index (χ3n) is 9.99. The molecule has 1 N–H and O–H groups in total. The van der Waals surface area contributed by atoms with E-state index in [9.17, 15) is 18.0 Å². The Bertz CT molecular complexity index is 1450. The SMILES string of the molecule is CCOc1cc(OC)ccc1C1=NC(CC2CCCC2)C(c2ccc(Cl)cc2)N1C(=O)N1CCC(N2CCCC2)CC1.O=C(O)C(F)(F)F. The highest BCUT2D eigenvalue weighted by atomic mass is 35.5. The summed E-state index contributed by atoms with van der Waals surface area (Å²) in [6, 6.07) is 14.3. The predicted molar refractivity (Wildman–Crippen MR) is 182 cm³/mol. The van der Waals surface area contributed by atoms with E-state index < -0.39 is 12.1 Å². The molecular weight excluding hydrogens is 661 g/mol. The van der Waals surface area contributed by atoms with E-state index in [0.717, 1.165) is 49.2 Å². The van der Waals surface area contributed by atoms with Crippen molar-refractivity contribution in [1.82, 2.24) is 14.7 Å². The molecule has 3 aliphatic heterocycles. The topological polar surface area (TPSA) is 94.9 Å². The Morgan fingerprint density at radius 1 is 0.959 bits per heavy atom. The zero-order valence-corrected chi connectivity index (χ0v) is 28.9. The lowest BCUT2D eigenvalue weighted by atomic mass is 9.90. The van der Waals surface area contributed by atoms with Crippen LogP contribution in [0.3, 0.4) is 0 Å². The van der Waals surface area contributed by atoms with Crippen molar-refractivity contribution >= 4 is 29.4 Å². The van der Waals surface area contributed by atoms with Crippen LogP contribution in [0.1, 0.15) is 81.9 Å². The van der Waals surface area contributed by atoms with Crippen molar-refractivity contribution in [1.29, 1.82) is 0 Å². The number of nitrogens with zero attached hydrogens (tertiary/aromatic N) is 4. The highest BCUT2D eigenvalue weighted by molar-refractivity contribution is 6.30. The van der Waals surface area contributed by atoms with Gasteiger partial charge in [0, 0.05) is 30.2 Å². The van der Waals surface area contributed by atoms with Crippen LogP contribution in [0, 0.1) is 5.92 Å². The van der Waals surface area contributed by atoms with Crippen molar-refractivity contribution in [2.75, 3.05) is 39.9 Å². The highest BCUT2D eigenvalue weighted by Gasteiger charge is 2.45. The van der Waals surface area contributed by atoms with Gasteiger partial charge in [-0.2, -0.15) is 13.2 Å². The molecule has 0 bridgehead atoms. The summed E-state index contributed by atoms with van der Waals surface area (Å²) in [5.74, 6) is -0.0107. The fourth-order valence-corrected chi connectivity index (χ4v) is 7.70. The molecule has 6 rings (SSSR count). The number of hydrogen-bond donors (Lipinski definition) is 1. The van der Waals surface area contributed by atoms with Gasteiger partial charge in [-0.25, -0.2) is 9.59 Å². The quantitative estimate of drug-likeness (QED) is 0.301. The number of hydrogen-bond acceptors (Lipinski definition) is 6. The number of benzene rings is 2. The van der Waals surface area contributed by atoms with Gasteiger partial charge in [0.1, 0.15) is 17.3 Å². The Hall–Kier alpha value is -3.51. The summed E-state index contributed by atoms with van der Waals surface area (Å²) in [5.41, 5.74) is 1.92. The standard InChI is InChI=1S/C34H45ClN4O3.C2HF3O2/c1-3-42-31-23-28(41-2)14-15-29(31)33-36-30(22-24-8-4-5-9-24)32(25-10-12-26(35)13-11-25)39(33)34(40)38-20-16-27(17-21-38)37-18-6-7-19-37;3-2(4,5)1(6)7/h10-15,23-24,27,30,32H,3-9,16-22H2,1-2H3;(H,6,7). The first-order valence-electron chi connectivity index (χ1n) is 17.3. The molecule has 49 heavy (non-hydrogen) atoms. The van der Waals surface area contributed by atoms with E-state index in [4.69, 9.17) is 36.0 Å². The number of halogens is 4. The number of carbonyl (C=O) groups is 2. The molecule has 0 spiro atoms. The van der Waals surface area contributed by atoms with E-state index in [1.807, 2.05) is 42.2 Å². The molecule has 2 aromatic rings. The summed E-state index contributed by atoms with van der Waals surface area (Å²) in [4.78, 5) is 35.7. The molecular formula is C36H46ClF3N4O5. The number of likely N-dealkylation sites (tertiary alicyclic amines) is 2. The van der Waals surface area contributed by atoms with Crippen LogP contribution in [0.25, 0.3) is 0 Å². The summed E-state index contributed by atoms with van der Waals surface area (Å²) in [6.45, 7) is 6.42. The fourth-order valence-electron chi connectivity index (χ4n) is 7.57. The van der Waals surface area contributed by atoms with Crippen molar-refractivity contribution in [2.45, 2.75) is 89.0 Å². The molecule has 13 heteroatoms. The second kappa shape index (κ2) is 16.5. The van der Waals surface area contributed by atoms with Gasteiger partial charge >= 0.3 is 18.2 Å². The lowest BCUT2D eigenvalue weighted by Crippen LogP contribution is -2.52. The number of ether oxygens (including phenoxy) is 2. The zero-order chi connectivity index (χ0) is 35.1. The lowest BCUT2D eigenvalue weighted by molar-refractivity contribution is -0.192. The van der Waals surface area contributed by atoms with Crippen LogP contribution in [-0.4, -0.2) is 95.8 Å². The Labute approximate surface area is 291 Å². The summed E-state index contributed by atoms with van der Waals surface area (Å²) in [6.07, 6.45) is 5.55. The van der Waals surface area contributed by atoms with Gasteiger partial charge in [-0.05, 0) is 87.9 Å². The number of rotatable bonds is 8. The Morgan fingerprint density at radius 2 is 1.59 bits per heavy atom. The third kappa shape index (κ3) is 9.00. The number of aliphatic imine (C=N–C) groups is 1. The minimum absolute atomic E-state index is 0.0352. The molecule has 0 radical (unpaired) electrons. The minimum Gasteiger partial charge on any atom is -0.497 e. The van der Waals surface area contributed by atoms with Crippen molar-refractivity contribution in [3.05, 3.63) is 58.6 Å². The second-order valence-electron chi connectivity index (χ2n) is 13.1. The average Bonchev–Trinajstić information content (AvgIpc) is 3.88. The molecule has 4 aliphatic rings. The lowest BCUT2D eigenvalue weighted by Gasteiger charge is -2.40. The number of carboxylic acid groups (broad SMARTS) is 1. The van der Waals surface area contributed by atoms with Gasteiger partial charge in [0.2, 0.25) is 0 Å². The third-order valence-corrected chi connectivity index (χ3v) is 10.2. The molecule has 2 atom stereocenters. The van der Waals surface area contributed by atoms with E-state index in [2.05, 4.69) is 21.9 Å². The second-order valence-corrected chi connectivity index (χ2v) is 13.6. The normalized spacial score (nSPS) is 22.1. The number of piperidine rings is 1. The number of methoxy groups -OCH3 is 1. The maximum absolute atomic E-state index is 14.7. The van der Waals surface area contributed by atoms with Gasteiger partial charge in [0.25, 0.3) is 0 Å². The van der Waals surface area contributed by atoms with Crippen LogP contribution in [-0.2, 0) is 4.79 Å². The summed E-state index contributed by atoms with van der Waals surface area (Å²) >= 11 is 6.34. The minimum atomic E-state index is -5.08. The van der Waals surface area contributed by atoms with Gasteiger partial charge in [0.15, 0.2) is 0 Å². The first-order valence-corrected chi connectivity index (χ1v) is 17.6. The molecule has 1 aliphatic carbocycles. The van der Waals surface area contributed by atoms with Crippen molar-refractivity contribution < 1.29 is 37.3 Å². The van der Waals surface area contributed by atoms with Crippen molar-refractivity contribution in [2.24, 2.45) is 10.9 Å². The maximum atomic E-state index is 14.7. The molecule has 3 fully saturated rings. The average molecular weight is 707 g/mol. The fraction of sp³-hybridized carbons (Fsp3) is 0.583. The van der Waals surface area contributed by atoms with Crippen LogP contribution in [0.5, 0.6) is 11.5 Å². The number of amidine groups is 1. The van der Waals surface area contributed by atoms with Crippen LogP contribution >= 0.6 is 11.6 Å². The Morgan fingerprint density at radius 3 is 2.16 bits per heavy atom. The Balaban J connectivity index is 0.000000606. The smallest absolute Gasteiger partial charge is 0.490 e. The van der Waals surface area contributed by atoms with Crippen LogP contribution in [0.2, 0.25) is 5.02 Å². The summed E-state index contributed by atoms with van der Waals surface area (Å²) in [7, 11) is 1.66. The molecule has 3 heterocycles. The number of carboxylic acids is 1. The molecule has 268 valence electrons. The molecule has 2 unspecified atom stereocenters. The zero-order valence-electron chi connectivity index (χ0n) is 28.1. The van der Waals surface area contributed by atoms with E-state index in [1.165, 1.54) is 51.6 Å². The molecule has 1 saturated carbocycles. The number of alkyl halides is 3. The van der Waals surface area contributed by atoms with Gasteiger partial charge in [-0.1, -0.05) is 49.4 Å². The van der Waals surface area contributed by atoms with E-state index >= 15 is 0 Å². The first-order chi connectivity index (χ1) is 23.5. The molecule has 2 amide bonds. The van der Waals surface area contributed by atoms with Gasteiger partial charge < -0.3 is 24.4 Å².